The van der Waals surface area contributed by atoms with Gasteiger partial charge in [0.05, 0.1) is 28.9 Å². The number of benzene rings is 2. The van der Waals surface area contributed by atoms with Crippen LogP contribution in [0.1, 0.15) is 0 Å². The van der Waals surface area contributed by atoms with Crippen molar-refractivity contribution in [1.29, 1.82) is 0 Å². The van der Waals surface area contributed by atoms with Crippen LogP contribution in [-0.2, 0) is 0 Å². The predicted octanol–water partition coefficient (Wildman–Crippen LogP) is 3.40. The molecule has 0 aliphatic heterocycles. The summed E-state index contributed by atoms with van der Waals surface area (Å²) in [6.07, 6.45) is 0. The molecule has 0 saturated carbocycles. The van der Waals surface area contributed by atoms with Crippen LogP contribution in [0.2, 0.25) is 5.02 Å². The summed E-state index contributed by atoms with van der Waals surface area (Å²) in [6, 6.07) is 12.8. The molecule has 118 valence electrons. The van der Waals surface area contributed by atoms with E-state index in [2.05, 4.69) is 20.6 Å². The largest absolute Gasteiger partial charge is 0.497 e. The monoisotopic (exact) mass is 330 g/mol. The zero-order valence-electron chi connectivity index (χ0n) is 12.4. The molecule has 0 aliphatic carbocycles. The Balaban J connectivity index is 2.05. The molecule has 7 heteroatoms. The molecule has 0 amide bonds. The summed E-state index contributed by atoms with van der Waals surface area (Å²) in [5.41, 5.74) is 2.10. The standard InChI is InChI=1S/C16H15ClN4O2/c1-23-10-6-7-11(17)14(8-10)21-16-15(18-9-22)19-12-4-2-3-5-13(12)20-16/h2-8,22H,9H2,1H3,(H,18,19)(H,20,21). The Labute approximate surface area is 138 Å². The summed E-state index contributed by atoms with van der Waals surface area (Å²) < 4.78 is 5.21. The fourth-order valence-electron chi connectivity index (χ4n) is 2.14. The first kappa shape index (κ1) is 15.3. The van der Waals surface area contributed by atoms with E-state index in [1.165, 1.54) is 0 Å². The molecule has 2 aromatic carbocycles. The van der Waals surface area contributed by atoms with E-state index < -0.39 is 0 Å². The highest BCUT2D eigenvalue weighted by atomic mass is 35.5. The van der Waals surface area contributed by atoms with E-state index in [0.717, 1.165) is 11.0 Å². The molecule has 0 atom stereocenters. The number of hydrogen-bond donors (Lipinski definition) is 3. The summed E-state index contributed by atoms with van der Waals surface area (Å²) in [5.74, 6) is 1.57. The summed E-state index contributed by atoms with van der Waals surface area (Å²) in [4.78, 5) is 9.00. The van der Waals surface area contributed by atoms with Crippen LogP contribution in [0.25, 0.3) is 11.0 Å². The van der Waals surface area contributed by atoms with Crippen molar-refractivity contribution in [2.75, 3.05) is 24.5 Å². The van der Waals surface area contributed by atoms with Crippen LogP contribution in [0.5, 0.6) is 5.75 Å². The number of methoxy groups -OCH3 is 1. The maximum absolute atomic E-state index is 9.17. The van der Waals surface area contributed by atoms with Crippen molar-refractivity contribution in [3.63, 3.8) is 0 Å². The molecule has 6 nitrogen and oxygen atoms in total. The second kappa shape index (κ2) is 6.68. The van der Waals surface area contributed by atoms with Crippen LogP contribution in [0.3, 0.4) is 0 Å². The molecule has 3 N–H and O–H groups in total. The molecule has 3 rings (SSSR count). The maximum atomic E-state index is 9.17. The Morgan fingerprint density at radius 3 is 2.43 bits per heavy atom. The van der Waals surface area contributed by atoms with Gasteiger partial charge in [0.2, 0.25) is 0 Å². The number of ether oxygens (including phenoxy) is 1. The fourth-order valence-corrected chi connectivity index (χ4v) is 2.30. The first-order chi connectivity index (χ1) is 11.2. The molecule has 1 heterocycles. The Kier molecular flexibility index (Phi) is 4.45. The average molecular weight is 331 g/mol. The summed E-state index contributed by atoms with van der Waals surface area (Å²) in [7, 11) is 1.58. The topological polar surface area (TPSA) is 79.3 Å². The van der Waals surface area contributed by atoms with Gasteiger partial charge in [-0.1, -0.05) is 23.7 Å². The van der Waals surface area contributed by atoms with Gasteiger partial charge >= 0.3 is 0 Å². The molecular formula is C16H15ClN4O2. The third-order valence-corrected chi connectivity index (χ3v) is 3.57. The number of anilines is 3. The van der Waals surface area contributed by atoms with Gasteiger partial charge in [0.1, 0.15) is 12.5 Å². The number of nitrogens with zero attached hydrogens (tertiary/aromatic N) is 2. The van der Waals surface area contributed by atoms with Gasteiger partial charge in [-0.3, -0.25) is 0 Å². The van der Waals surface area contributed by atoms with Crippen LogP contribution in [0.4, 0.5) is 17.3 Å². The van der Waals surface area contributed by atoms with Crippen molar-refractivity contribution < 1.29 is 9.84 Å². The lowest BCUT2D eigenvalue weighted by molar-refractivity contribution is 0.325. The Morgan fingerprint density at radius 2 is 1.78 bits per heavy atom. The third-order valence-electron chi connectivity index (χ3n) is 3.24. The van der Waals surface area contributed by atoms with Crippen molar-refractivity contribution in [3.05, 3.63) is 47.5 Å². The lowest BCUT2D eigenvalue weighted by Gasteiger charge is -2.14. The highest BCUT2D eigenvalue weighted by Gasteiger charge is 2.11. The van der Waals surface area contributed by atoms with E-state index >= 15 is 0 Å². The normalized spacial score (nSPS) is 10.6. The molecule has 0 spiro atoms. The van der Waals surface area contributed by atoms with Crippen LogP contribution < -0.4 is 15.4 Å². The van der Waals surface area contributed by atoms with Gasteiger partial charge in [0.25, 0.3) is 0 Å². The second-order valence-electron chi connectivity index (χ2n) is 4.72. The van der Waals surface area contributed by atoms with Gasteiger partial charge in [-0.05, 0) is 24.3 Å². The Morgan fingerprint density at radius 1 is 1.09 bits per heavy atom. The molecule has 3 aromatic rings. The van der Waals surface area contributed by atoms with E-state index in [1.807, 2.05) is 24.3 Å². The lowest BCUT2D eigenvalue weighted by atomic mass is 10.3. The van der Waals surface area contributed by atoms with E-state index in [0.29, 0.717) is 28.1 Å². The van der Waals surface area contributed by atoms with Gasteiger partial charge < -0.3 is 20.5 Å². The number of aliphatic hydroxyl groups excluding tert-OH is 1. The van der Waals surface area contributed by atoms with E-state index in [-0.39, 0.29) is 6.73 Å². The quantitative estimate of drug-likeness (QED) is 0.622. The van der Waals surface area contributed by atoms with Crippen molar-refractivity contribution in [2.24, 2.45) is 0 Å². The number of hydrogen-bond acceptors (Lipinski definition) is 6. The number of aromatic nitrogens is 2. The van der Waals surface area contributed by atoms with Gasteiger partial charge in [-0.25, -0.2) is 9.97 Å². The van der Waals surface area contributed by atoms with Gasteiger partial charge in [-0.15, -0.1) is 0 Å². The Hall–Kier alpha value is -2.57. The molecule has 0 bridgehead atoms. The highest BCUT2D eigenvalue weighted by Crippen LogP contribution is 2.31. The number of aliphatic hydroxyl groups is 1. The number of rotatable bonds is 5. The zero-order chi connectivity index (χ0) is 16.2. The smallest absolute Gasteiger partial charge is 0.174 e. The van der Waals surface area contributed by atoms with Crippen LogP contribution >= 0.6 is 11.6 Å². The third kappa shape index (κ3) is 3.28. The SMILES string of the molecule is COc1ccc(Cl)c(Nc2nc3ccccc3nc2NCO)c1. The minimum Gasteiger partial charge on any atom is -0.497 e. The molecule has 0 unspecified atom stereocenters. The van der Waals surface area contributed by atoms with Gasteiger partial charge in [0, 0.05) is 6.07 Å². The van der Waals surface area contributed by atoms with E-state index in [4.69, 9.17) is 21.4 Å². The molecule has 23 heavy (non-hydrogen) atoms. The van der Waals surface area contributed by atoms with E-state index in [1.54, 1.807) is 25.3 Å². The summed E-state index contributed by atoms with van der Waals surface area (Å²) >= 11 is 6.21. The van der Waals surface area contributed by atoms with Crippen LogP contribution in [0, 0.1) is 0 Å². The fraction of sp³-hybridized carbons (Fsp3) is 0.125. The van der Waals surface area contributed by atoms with Gasteiger partial charge in [0.15, 0.2) is 11.6 Å². The van der Waals surface area contributed by atoms with Crippen molar-refractivity contribution in [1.82, 2.24) is 9.97 Å². The van der Waals surface area contributed by atoms with Crippen molar-refractivity contribution in [3.8, 4) is 5.75 Å². The number of fused-ring (bicyclic) bond motifs is 1. The summed E-state index contributed by atoms with van der Waals surface area (Å²) in [6.45, 7) is -0.256. The number of nitrogens with one attached hydrogen (secondary N) is 2. The number of para-hydroxylation sites is 2. The molecule has 0 aliphatic rings. The number of halogens is 1. The van der Waals surface area contributed by atoms with Crippen molar-refractivity contribution in [2.45, 2.75) is 0 Å². The van der Waals surface area contributed by atoms with Crippen LogP contribution in [0.15, 0.2) is 42.5 Å². The first-order valence-electron chi connectivity index (χ1n) is 6.93. The van der Waals surface area contributed by atoms with Gasteiger partial charge in [-0.2, -0.15) is 0 Å². The van der Waals surface area contributed by atoms with Crippen LogP contribution in [-0.4, -0.2) is 28.9 Å². The first-order valence-corrected chi connectivity index (χ1v) is 7.31. The average Bonchev–Trinajstić information content (AvgIpc) is 2.57. The minimum absolute atomic E-state index is 0.256. The highest BCUT2D eigenvalue weighted by molar-refractivity contribution is 6.33. The minimum atomic E-state index is -0.256. The summed E-state index contributed by atoms with van der Waals surface area (Å²) in [5, 5.41) is 15.6. The molecule has 1 aromatic heterocycles. The molecular weight excluding hydrogens is 316 g/mol. The maximum Gasteiger partial charge on any atom is 0.174 e. The second-order valence-corrected chi connectivity index (χ2v) is 5.12. The lowest BCUT2D eigenvalue weighted by Crippen LogP contribution is -2.07. The Bertz CT molecular complexity index is 841. The predicted molar refractivity (Wildman–Crippen MR) is 91.5 cm³/mol. The van der Waals surface area contributed by atoms with Crippen molar-refractivity contribution >= 4 is 40.0 Å². The molecule has 0 radical (unpaired) electrons. The zero-order valence-corrected chi connectivity index (χ0v) is 13.1. The molecule has 0 saturated heterocycles. The molecule has 0 fully saturated rings. The van der Waals surface area contributed by atoms with E-state index in [9.17, 15) is 0 Å².